The second-order valence-corrected chi connectivity index (χ2v) is 8.97. The van der Waals surface area contributed by atoms with Gasteiger partial charge in [0.2, 0.25) is 16.9 Å². The predicted molar refractivity (Wildman–Crippen MR) is 111 cm³/mol. The Morgan fingerprint density at radius 3 is 2.74 bits per heavy atom. The number of aromatic nitrogens is 2. The number of benzene rings is 1. The van der Waals surface area contributed by atoms with Gasteiger partial charge in [0.1, 0.15) is 0 Å². The first kappa shape index (κ1) is 19.8. The molecule has 2 N–H and O–H groups in total. The number of hydrogen-bond donors (Lipinski definition) is 2. The fourth-order valence-electron chi connectivity index (χ4n) is 2.07. The van der Waals surface area contributed by atoms with Crippen LogP contribution < -0.4 is 10.6 Å². The molecule has 0 fully saturated rings. The number of thioether (sulfide) groups is 1. The van der Waals surface area contributed by atoms with E-state index in [-0.39, 0.29) is 17.6 Å². The van der Waals surface area contributed by atoms with Crippen LogP contribution in [-0.2, 0) is 22.6 Å². The quantitative estimate of drug-likeness (QED) is 0.412. The van der Waals surface area contributed by atoms with Crippen LogP contribution in [0.2, 0.25) is 5.02 Å². The van der Waals surface area contributed by atoms with Gasteiger partial charge in [-0.05, 0) is 23.1 Å². The highest BCUT2D eigenvalue weighted by molar-refractivity contribution is 8.01. The van der Waals surface area contributed by atoms with Crippen molar-refractivity contribution in [1.82, 2.24) is 15.5 Å². The number of nitrogens with zero attached hydrogens (tertiary/aromatic N) is 2. The van der Waals surface area contributed by atoms with E-state index in [9.17, 15) is 9.59 Å². The van der Waals surface area contributed by atoms with Crippen molar-refractivity contribution in [2.45, 2.75) is 17.3 Å². The number of carbonyl (C=O) groups excluding carboxylic acids is 2. The number of anilines is 1. The smallest absolute Gasteiger partial charge is 0.231 e. The van der Waals surface area contributed by atoms with Crippen LogP contribution in [0.1, 0.15) is 10.4 Å². The van der Waals surface area contributed by atoms with Crippen molar-refractivity contribution in [2.75, 3.05) is 11.1 Å². The van der Waals surface area contributed by atoms with Gasteiger partial charge in [-0.1, -0.05) is 59.0 Å². The van der Waals surface area contributed by atoms with Crippen molar-refractivity contribution in [3.8, 4) is 0 Å². The lowest BCUT2D eigenvalue weighted by atomic mass is 10.2. The summed E-state index contributed by atoms with van der Waals surface area (Å²) in [5.74, 6) is -0.0524. The summed E-state index contributed by atoms with van der Waals surface area (Å²) >= 11 is 10.1. The second-order valence-electron chi connectivity index (χ2n) is 5.33. The maximum Gasteiger partial charge on any atom is 0.231 e. The molecule has 0 aliphatic carbocycles. The minimum Gasteiger partial charge on any atom is -0.351 e. The topological polar surface area (TPSA) is 84.0 Å². The van der Waals surface area contributed by atoms with Crippen LogP contribution in [-0.4, -0.2) is 27.8 Å². The molecule has 27 heavy (non-hydrogen) atoms. The third-order valence-corrected chi connectivity index (χ3v) is 6.55. The van der Waals surface area contributed by atoms with Crippen LogP contribution in [0.3, 0.4) is 0 Å². The molecule has 0 aliphatic rings. The molecule has 0 atom stereocenters. The molecule has 6 nitrogen and oxygen atoms in total. The summed E-state index contributed by atoms with van der Waals surface area (Å²) in [6, 6.07) is 11.2. The number of amides is 2. The van der Waals surface area contributed by atoms with E-state index in [0.717, 1.165) is 10.4 Å². The Bertz CT molecular complexity index is 915. The van der Waals surface area contributed by atoms with Crippen molar-refractivity contribution >= 4 is 63.0 Å². The average Bonchev–Trinajstić information content (AvgIpc) is 3.31. The van der Waals surface area contributed by atoms with Gasteiger partial charge in [0.25, 0.3) is 0 Å². The average molecular weight is 439 g/mol. The molecule has 0 spiro atoms. The van der Waals surface area contributed by atoms with E-state index in [4.69, 9.17) is 11.6 Å². The summed E-state index contributed by atoms with van der Waals surface area (Å²) in [5, 5.41) is 16.4. The molecule has 10 heteroatoms. The minimum atomic E-state index is -0.136. The molecule has 2 amide bonds. The molecule has 2 aromatic heterocycles. The molecule has 0 bridgehead atoms. The van der Waals surface area contributed by atoms with Crippen LogP contribution >= 0.6 is 46.0 Å². The Morgan fingerprint density at radius 2 is 1.96 bits per heavy atom. The van der Waals surface area contributed by atoms with E-state index in [1.165, 1.54) is 34.4 Å². The molecule has 0 saturated carbocycles. The lowest BCUT2D eigenvalue weighted by Crippen LogP contribution is -2.24. The first-order valence-electron chi connectivity index (χ1n) is 7.89. The van der Waals surface area contributed by atoms with E-state index < -0.39 is 0 Å². The number of carbonyl (C=O) groups is 2. The van der Waals surface area contributed by atoms with Crippen molar-refractivity contribution in [2.24, 2.45) is 0 Å². The molecule has 0 radical (unpaired) electrons. The molecule has 0 saturated heterocycles. The molecule has 0 unspecified atom stereocenters. The van der Waals surface area contributed by atoms with Gasteiger partial charge in [-0.25, -0.2) is 0 Å². The maximum absolute atomic E-state index is 12.0. The van der Waals surface area contributed by atoms with Crippen molar-refractivity contribution in [3.05, 3.63) is 57.2 Å². The molecular weight excluding hydrogens is 424 g/mol. The van der Waals surface area contributed by atoms with Crippen LogP contribution in [0.25, 0.3) is 0 Å². The summed E-state index contributed by atoms with van der Waals surface area (Å²) in [6.07, 6.45) is 0.310. The van der Waals surface area contributed by atoms with Gasteiger partial charge in [0.15, 0.2) is 4.34 Å². The molecular formula is C17H15ClN4O2S3. The number of rotatable bonds is 8. The van der Waals surface area contributed by atoms with Crippen molar-refractivity contribution in [1.29, 1.82) is 0 Å². The van der Waals surface area contributed by atoms with Gasteiger partial charge in [-0.2, -0.15) is 0 Å². The maximum atomic E-state index is 12.0. The molecule has 140 valence electrons. The minimum absolute atomic E-state index is 0.126. The van der Waals surface area contributed by atoms with Gasteiger partial charge in [-0.3, -0.25) is 9.59 Å². The van der Waals surface area contributed by atoms with Gasteiger partial charge in [0.05, 0.1) is 12.2 Å². The highest BCUT2D eigenvalue weighted by atomic mass is 35.5. The number of thiophene rings is 1. The lowest BCUT2D eigenvalue weighted by molar-refractivity contribution is -0.118. The normalized spacial score (nSPS) is 10.6. The van der Waals surface area contributed by atoms with Gasteiger partial charge in [-0.15, -0.1) is 21.5 Å². The zero-order valence-electron chi connectivity index (χ0n) is 14.0. The van der Waals surface area contributed by atoms with Gasteiger partial charge in [0, 0.05) is 16.4 Å². The second kappa shape index (κ2) is 9.84. The SMILES string of the molecule is O=C(CSc1nnc(NC(=O)Cc2cccs2)s1)NCc1ccccc1Cl. The predicted octanol–water partition coefficient (Wildman–Crippen LogP) is 3.84. The standard InChI is InChI=1S/C17H15ClN4O2S3/c18-13-6-2-1-4-11(13)9-19-15(24)10-26-17-22-21-16(27-17)20-14(23)8-12-5-3-7-25-12/h1-7H,8-10H2,(H,19,24)(H,20,21,23). The Morgan fingerprint density at radius 1 is 1.11 bits per heavy atom. The monoisotopic (exact) mass is 438 g/mol. The summed E-state index contributed by atoms with van der Waals surface area (Å²) in [7, 11) is 0. The number of hydrogen-bond acceptors (Lipinski definition) is 7. The fraction of sp³-hybridized carbons (Fsp3) is 0.176. The van der Waals surface area contributed by atoms with E-state index in [2.05, 4.69) is 20.8 Å². The third-order valence-electron chi connectivity index (χ3n) is 3.33. The number of halogens is 1. The zero-order chi connectivity index (χ0) is 19.1. The van der Waals surface area contributed by atoms with Crippen molar-refractivity contribution < 1.29 is 9.59 Å². The van der Waals surface area contributed by atoms with Crippen LogP contribution in [0, 0.1) is 0 Å². The Kier molecular flexibility index (Phi) is 7.22. The Balaban J connectivity index is 1.41. The van der Waals surface area contributed by atoms with E-state index in [1.807, 2.05) is 35.7 Å². The first-order valence-corrected chi connectivity index (χ1v) is 10.9. The van der Waals surface area contributed by atoms with Crippen LogP contribution in [0.5, 0.6) is 0 Å². The van der Waals surface area contributed by atoms with E-state index in [1.54, 1.807) is 6.07 Å². The summed E-state index contributed by atoms with van der Waals surface area (Å²) in [6.45, 7) is 0.374. The van der Waals surface area contributed by atoms with Crippen LogP contribution in [0.4, 0.5) is 5.13 Å². The highest BCUT2D eigenvalue weighted by Crippen LogP contribution is 2.25. The molecule has 3 aromatic rings. The molecule has 3 rings (SSSR count). The molecule has 2 heterocycles. The summed E-state index contributed by atoms with van der Waals surface area (Å²) in [4.78, 5) is 24.9. The highest BCUT2D eigenvalue weighted by Gasteiger charge is 2.11. The molecule has 0 aliphatic heterocycles. The summed E-state index contributed by atoms with van der Waals surface area (Å²) < 4.78 is 0.620. The Hall–Kier alpha value is -1.94. The first-order chi connectivity index (χ1) is 13.1. The fourth-order valence-corrected chi connectivity index (χ4v) is 4.57. The zero-order valence-corrected chi connectivity index (χ0v) is 17.2. The van der Waals surface area contributed by atoms with Crippen molar-refractivity contribution in [3.63, 3.8) is 0 Å². The van der Waals surface area contributed by atoms with Gasteiger partial charge >= 0.3 is 0 Å². The van der Waals surface area contributed by atoms with E-state index in [0.29, 0.717) is 27.5 Å². The van der Waals surface area contributed by atoms with Crippen LogP contribution in [0.15, 0.2) is 46.1 Å². The largest absolute Gasteiger partial charge is 0.351 e. The Labute approximate surface area is 173 Å². The lowest BCUT2D eigenvalue weighted by Gasteiger charge is -2.05. The summed E-state index contributed by atoms with van der Waals surface area (Å²) in [5.41, 5.74) is 0.865. The van der Waals surface area contributed by atoms with Gasteiger partial charge < -0.3 is 10.6 Å². The third kappa shape index (κ3) is 6.31. The number of nitrogens with one attached hydrogen (secondary N) is 2. The van der Waals surface area contributed by atoms with E-state index >= 15 is 0 Å². The molecule has 1 aromatic carbocycles.